The second-order valence-electron chi connectivity index (χ2n) is 6.11. The summed E-state index contributed by atoms with van der Waals surface area (Å²) in [7, 11) is 0. The normalized spacial score (nSPS) is 21.6. The molecule has 21 heavy (non-hydrogen) atoms. The van der Waals surface area contributed by atoms with Gasteiger partial charge in [0.25, 0.3) is 0 Å². The fourth-order valence-corrected chi connectivity index (χ4v) is 4.03. The van der Waals surface area contributed by atoms with Crippen LogP contribution in [-0.2, 0) is 0 Å². The third-order valence-electron chi connectivity index (χ3n) is 4.99. The zero-order valence-electron chi connectivity index (χ0n) is 13.5. The second-order valence-corrected chi connectivity index (χ2v) is 7.37. The summed E-state index contributed by atoms with van der Waals surface area (Å²) in [5, 5.41) is 4.64. The van der Waals surface area contributed by atoms with Crippen molar-refractivity contribution in [3.63, 3.8) is 0 Å². The van der Waals surface area contributed by atoms with Crippen LogP contribution in [-0.4, -0.2) is 24.7 Å². The van der Waals surface area contributed by atoms with Gasteiger partial charge in [0, 0.05) is 34.2 Å². The molecule has 1 unspecified atom stereocenters. The molecule has 0 radical (unpaired) electrons. The first-order valence-corrected chi connectivity index (χ1v) is 9.10. The van der Waals surface area contributed by atoms with Crippen LogP contribution in [0.1, 0.15) is 45.6 Å². The largest absolute Gasteiger partial charge is 0.364 e. The summed E-state index contributed by atoms with van der Waals surface area (Å²) in [4.78, 5) is 2.54. The highest BCUT2D eigenvalue weighted by atomic mass is 79.9. The van der Waals surface area contributed by atoms with Crippen molar-refractivity contribution >= 4 is 33.2 Å². The number of hydrogen-bond donors (Lipinski definition) is 1. The van der Waals surface area contributed by atoms with Gasteiger partial charge in [-0.1, -0.05) is 32.4 Å². The van der Waals surface area contributed by atoms with Gasteiger partial charge in [0.05, 0.1) is 5.69 Å². The smallest absolute Gasteiger partial charge is 0.0529 e. The molecule has 1 aromatic rings. The first-order valence-electron chi connectivity index (χ1n) is 7.93. The highest BCUT2D eigenvalue weighted by Gasteiger charge is 2.36. The maximum atomic E-state index is 6.37. The minimum atomic E-state index is 0.211. The summed E-state index contributed by atoms with van der Waals surface area (Å²) in [5.41, 5.74) is 2.56. The van der Waals surface area contributed by atoms with Crippen LogP contribution in [0.25, 0.3) is 0 Å². The Morgan fingerprint density at radius 2 is 2.00 bits per heavy atom. The van der Waals surface area contributed by atoms with Crippen molar-refractivity contribution in [2.24, 2.45) is 0 Å². The number of aryl methyl sites for hydroxylation is 1. The van der Waals surface area contributed by atoms with Crippen molar-refractivity contribution in [2.75, 3.05) is 18.0 Å². The third-order valence-corrected chi connectivity index (χ3v) is 6.03. The summed E-state index contributed by atoms with van der Waals surface area (Å²) in [6.45, 7) is 10.9. The zero-order chi connectivity index (χ0) is 15.6. The van der Waals surface area contributed by atoms with E-state index in [2.05, 4.69) is 59.1 Å². The SMILES string of the molecule is CCC1CNC(CC)(CC)CN1c1cc(Cl)c(C)cc1Br. The van der Waals surface area contributed by atoms with E-state index in [-0.39, 0.29) is 5.54 Å². The predicted octanol–water partition coefficient (Wildman–Crippen LogP) is 5.16. The number of hydrogen-bond acceptors (Lipinski definition) is 2. The van der Waals surface area contributed by atoms with E-state index in [1.807, 2.05) is 6.92 Å². The molecule has 1 aromatic carbocycles. The number of anilines is 1. The summed E-state index contributed by atoms with van der Waals surface area (Å²) < 4.78 is 1.14. The average Bonchev–Trinajstić information content (AvgIpc) is 2.50. The van der Waals surface area contributed by atoms with Crippen LogP contribution in [0.2, 0.25) is 5.02 Å². The number of nitrogens with zero attached hydrogens (tertiary/aromatic N) is 1. The lowest BCUT2D eigenvalue weighted by Gasteiger charge is -2.49. The van der Waals surface area contributed by atoms with Gasteiger partial charge < -0.3 is 10.2 Å². The molecule has 1 aliphatic heterocycles. The molecule has 0 amide bonds. The number of nitrogens with one attached hydrogen (secondary N) is 1. The van der Waals surface area contributed by atoms with E-state index >= 15 is 0 Å². The van der Waals surface area contributed by atoms with E-state index < -0.39 is 0 Å². The maximum Gasteiger partial charge on any atom is 0.0529 e. The van der Waals surface area contributed by atoms with Crippen molar-refractivity contribution in [1.29, 1.82) is 0 Å². The van der Waals surface area contributed by atoms with Crippen LogP contribution in [0.4, 0.5) is 5.69 Å². The number of rotatable bonds is 4. The van der Waals surface area contributed by atoms with E-state index in [1.54, 1.807) is 0 Å². The summed E-state index contributed by atoms with van der Waals surface area (Å²) in [6, 6.07) is 4.77. The third kappa shape index (κ3) is 3.40. The fourth-order valence-electron chi connectivity index (χ4n) is 3.18. The Kier molecular flexibility index (Phi) is 5.61. The molecular weight excluding hydrogens is 348 g/mol. The first-order chi connectivity index (χ1) is 9.96. The van der Waals surface area contributed by atoms with Crippen molar-refractivity contribution in [1.82, 2.24) is 5.32 Å². The minimum absolute atomic E-state index is 0.211. The van der Waals surface area contributed by atoms with Gasteiger partial charge in [-0.15, -0.1) is 0 Å². The second kappa shape index (κ2) is 6.89. The Hall–Kier alpha value is -0.250. The lowest BCUT2D eigenvalue weighted by Crippen LogP contribution is -2.64. The lowest BCUT2D eigenvalue weighted by molar-refractivity contribution is 0.246. The molecule has 118 valence electrons. The van der Waals surface area contributed by atoms with E-state index in [1.165, 1.54) is 5.69 Å². The molecule has 1 fully saturated rings. The summed E-state index contributed by atoms with van der Waals surface area (Å²) in [6.07, 6.45) is 3.43. The van der Waals surface area contributed by atoms with Crippen molar-refractivity contribution in [3.8, 4) is 0 Å². The molecule has 1 atom stereocenters. The van der Waals surface area contributed by atoms with Crippen LogP contribution in [0.3, 0.4) is 0 Å². The van der Waals surface area contributed by atoms with Crippen LogP contribution in [0.5, 0.6) is 0 Å². The Balaban J connectivity index is 2.40. The van der Waals surface area contributed by atoms with Gasteiger partial charge in [-0.2, -0.15) is 0 Å². The summed E-state index contributed by atoms with van der Waals surface area (Å²) in [5.74, 6) is 0. The highest BCUT2D eigenvalue weighted by molar-refractivity contribution is 9.10. The molecule has 1 aliphatic rings. The highest BCUT2D eigenvalue weighted by Crippen LogP contribution is 2.36. The topological polar surface area (TPSA) is 15.3 Å². The molecule has 0 saturated carbocycles. The molecule has 1 saturated heterocycles. The van der Waals surface area contributed by atoms with Crippen molar-refractivity contribution < 1.29 is 0 Å². The van der Waals surface area contributed by atoms with Crippen LogP contribution >= 0.6 is 27.5 Å². The molecular formula is C17H26BrClN2. The van der Waals surface area contributed by atoms with Crippen LogP contribution in [0, 0.1) is 6.92 Å². The maximum absolute atomic E-state index is 6.37. The van der Waals surface area contributed by atoms with Gasteiger partial charge in [0.2, 0.25) is 0 Å². The van der Waals surface area contributed by atoms with Crippen LogP contribution < -0.4 is 10.2 Å². The molecule has 2 nitrogen and oxygen atoms in total. The molecule has 0 bridgehead atoms. The fraction of sp³-hybridized carbons (Fsp3) is 0.647. The molecule has 2 rings (SSSR count). The lowest BCUT2D eigenvalue weighted by atomic mass is 9.87. The molecule has 0 aromatic heterocycles. The molecule has 0 aliphatic carbocycles. The Labute approximate surface area is 142 Å². The van der Waals surface area contributed by atoms with Crippen molar-refractivity contribution in [2.45, 2.75) is 58.5 Å². The quantitative estimate of drug-likeness (QED) is 0.784. The standard InChI is InChI=1S/C17H26BrClN2/c1-5-13-10-20-17(6-2,7-3)11-21(13)16-9-15(19)12(4)8-14(16)18/h8-9,13,20H,5-7,10-11H2,1-4H3. The monoisotopic (exact) mass is 372 g/mol. The Morgan fingerprint density at radius 1 is 1.33 bits per heavy atom. The number of benzene rings is 1. The summed E-state index contributed by atoms with van der Waals surface area (Å²) >= 11 is 10.1. The Morgan fingerprint density at radius 3 is 2.57 bits per heavy atom. The van der Waals surface area contributed by atoms with Gasteiger partial charge in [0.15, 0.2) is 0 Å². The average molecular weight is 374 g/mol. The van der Waals surface area contributed by atoms with E-state index in [0.717, 1.165) is 47.4 Å². The minimum Gasteiger partial charge on any atom is -0.364 e. The van der Waals surface area contributed by atoms with E-state index in [9.17, 15) is 0 Å². The van der Waals surface area contributed by atoms with Crippen LogP contribution in [0.15, 0.2) is 16.6 Å². The van der Waals surface area contributed by atoms with E-state index in [0.29, 0.717) is 6.04 Å². The molecule has 0 spiro atoms. The number of piperazine rings is 1. The molecule has 1 heterocycles. The van der Waals surface area contributed by atoms with Gasteiger partial charge in [0.1, 0.15) is 0 Å². The van der Waals surface area contributed by atoms with Gasteiger partial charge in [-0.25, -0.2) is 0 Å². The molecule has 4 heteroatoms. The van der Waals surface area contributed by atoms with E-state index in [4.69, 9.17) is 11.6 Å². The van der Waals surface area contributed by atoms with Gasteiger partial charge in [-0.05, 0) is 59.8 Å². The molecule has 1 N–H and O–H groups in total. The first kappa shape index (κ1) is 17.1. The van der Waals surface area contributed by atoms with Crippen molar-refractivity contribution in [3.05, 3.63) is 27.2 Å². The number of halogens is 2. The zero-order valence-corrected chi connectivity index (χ0v) is 15.8. The Bertz CT molecular complexity index is 500. The predicted molar refractivity (Wildman–Crippen MR) is 96.6 cm³/mol. The van der Waals surface area contributed by atoms with Gasteiger partial charge >= 0.3 is 0 Å². The van der Waals surface area contributed by atoms with Gasteiger partial charge in [-0.3, -0.25) is 0 Å².